The minimum absolute atomic E-state index is 0.0804. The summed E-state index contributed by atoms with van der Waals surface area (Å²) < 4.78 is 0. The lowest BCUT2D eigenvalue weighted by Crippen LogP contribution is -2.30. The third-order valence-electron chi connectivity index (χ3n) is 4.27. The molecular formula is C20H25NOS. The average Bonchev–Trinajstić information content (AvgIpc) is 2.55. The van der Waals surface area contributed by atoms with Crippen molar-refractivity contribution in [3.8, 4) is 0 Å². The maximum atomic E-state index is 12.4. The first kappa shape index (κ1) is 17.6. The van der Waals surface area contributed by atoms with Crippen LogP contribution in [0.3, 0.4) is 0 Å². The van der Waals surface area contributed by atoms with Crippen LogP contribution in [0, 0.1) is 27.7 Å². The van der Waals surface area contributed by atoms with Gasteiger partial charge in [-0.1, -0.05) is 36.4 Å². The first-order valence-corrected chi connectivity index (χ1v) is 8.83. The van der Waals surface area contributed by atoms with Crippen LogP contribution in [0.25, 0.3) is 0 Å². The van der Waals surface area contributed by atoms with Crippen molar-refractivity contribution in [1.82, 2.24) is 5.32 Å². The summed E-state index contributed by atoms with van der Waals surface area (Å²) in [5, 5.41) is 2.91. The zero-order valence-corrected chi connectivity index (χ0v) is 15.4. The Morgan fingerprint density at radius 3 is 2.17 bits per heavy atom. The predicted octanol–water partition coefficient (Wildman–Crippen LogP) is 4.72. The number of nitrogens with one attached hydrogen (secondary N) is 1. The molecule has 1 N–H and O–H groups in total. The molecular weight excluding hydrogens is 302 g/mol. The molecule has 23 heavy (non-hydrogen) atoms. The van der Waals surface area contributed by atoms with Crippen LogP contribution in [0.5, 0.6) is 0 Å². The first-order chi connectivity index (χ1) is 10.9. The molecule has 2 nitrogen and oxygen atoms in total. The van der Waals surface area contributed by atoms with E-state index in [0.717, 1.165) is 5.56 Å². The number of hydrogen-bond acceptors (Lipinski definition) is 2. The quantitative estimate of drug-likeness (QED) is 0.805. The molecule has 1 atom stereocenters. The molecule has 0 aliphatic carbocycles. The van der Waals surface area contributed by atoms with E-state index in [2.05, 4.69) is 39.1 Å². The van der Waals surface area contributed by atoms with Crippen molar-refractivity contribution in [2.24, 2.45) is 0 Å². The van der Waals surface area contributed by atoms with Crippen molar-refractivity contribution in [1.29, 1.82) is 0 Å². The Labute approximate surface area is 143 Å². The van der Waals surface area contributed by atoms with Crippen molar-refractivity contribution in [3.63, 3.8) is 0 Å². The Kier molecular flexibility index (Phi) is 5.89. The SMILES string of the molecule is Cc1cc(C)c(C)c(S[C@@H](C)C(=O)NCc2ccccc2)c1C. The number of aryl methyl sites for hydroxylation is 2. The van der Waals surface area contributed by atoms with Crippen LogP contribution in [-0.2, 0) is 11.3 Å². The maximum absolute atomic E-state index is 12.4. The number of carbonyl (C=O) groups excluding carboxylic acids is 1. The molecule has 0 saturated carbocycles. The molecule has 122 valence electrons. The van der Waals surface area contributed by atoms with Crippen LogP contribution < -0.4 is 5.32 Å². The minimum Gasteiger partial charge on any atom is -0.351 e. The second kappa shape index (κ2) is 7.69. The van der Waals surface area contributed by atoms with E-state index in [9.17, 15) is 4.79 Å². The highest BCUT2D eigenvalue weighted by molar-refractivity contribution is 8.00. The van der Waals surface area contributed by atoms with Gasteiger partial charge in [-0.05, 0) is 62.4 Å². The summed E-state index contributed by atoms with van der Waals surface area (Å²) in [4.78, 5) is 13.6. The van der Waals surface area contributed by atoms with Crippen molar-refractivity contribution in [2.45, 2.75) is 51.3 Å². The highest BCUT2D eigenvalue weighted by Crippen LogP contribution is 2.33. The van der Waals surface area contributed by atoms with E-state index in [-0.39, 0.29) is 11.2 Å². The highest BCUT2D eigenvalue weighted by atomic mass is 32.2. The molecule has 0 radical (unpaired) electrons. The topological polar surface area (TPSA) is 29.1 Å². The summed E-state index contributed by atoms with van der Waals surface area (Å²) in [5.41, 5.74) is 6.25. The van der Waals surface area contributed by atoms with E-state index in [1.165, 1.54) is 27.1 Å². The number of hydrogen-bond donors (Lipinski definition) is 1. The fraction of sp³-hybridized carbons (Fsp3) is 0.350. The Morgan fingerprint density at radius 1 is 1.04 bits per heavy atom. The zero-order chi connectivity index (χ0) is 17.0. The van der Waals surface area contributed by atoms with Crippen molar-refractivity contribution in [3.05, 3.63) is 64.2 Å². The standard InChI is InChI=1S/C20H25NOS/c1-13-11-14(2)16(4)19(15(13)3)23-17(5)20(22)21-12-18-9-7-6-8-10-18/h6-11,17H,12H2,1-5H3,(H,21,22)/t17-/m0/s1. The normalized spacial score (nSPS) is 12.0. The second-order valence-corrected chi connectivity index (χ2v) is 7.40. The third-order valence-corrected chi connectivity index (χ3v) is 5.69. The number of amides is 1. The van der Waals surface area contributed by atoms with E-state index in [0.29, 0.717) is 6.54 Å². The Balaban J connectivity index is 2.04. The van der Waals surface area contributed by atoms with Crippen molar-refractivity contribution < 1.29 is 4.79 Å². The van der Waals surface area contributed by atoms with Gasteiger partial charge in [0.05, 0.1) is 5.25 Å². The number of benzene rings is 2. The minimum atomic E-state index is -0.114. The van der Waals surface area contributed by atoms with Gasteiger partial charge in [-0.15, -0.1) is 11.8 Å². The lowest BCUT2D eigenvalue weighted by molar-refractivity contribution is -0.120. The van der Waals surface area contributed by atoms with Gasteiger partial charge in [0.15, 0.2) is 0 Å². The molecule has 0 aliphatic heterocycles. The van der Waals surface area contributed by atoms with E-state index < -0.39 is 0 Å². The van der Waals surface area contributed by atoms with Gasteiger partial charge in [0.1, 0.15) is 0 Å². The molecule has 0 aliphatic rings. The first-order valence-electron chi connectivity index (χ1n) is 7.96. The Hall–Kier alpha value is -1.74. The molecule has 3 heteroatoms. The zero-order valence-electron chi connectivity index (χ0n) is 14.6. The molecule has 0 unspecified atom stereocenters. The van der Waals surface area contributed by atoms with Crippen LogP contribution in [0.1, 0.15) is 34.7 Å². The van der Waals surface area contributed by atoms with Crippen LogP contribution in [0.15, 0.2) is 41.3 Å². The van der Waals surface area contributed by atoms with Gasteiger partial charge < -0.3 is 5.32 Å². The summed E-state index contributed by atoms with van der Waals surface area (Å²) in [6, 6.07) is 12.2. The fourth-order valence-electron chi connectivity index (χ4n) is 2.52. The molecule has 0 fully saturated rings. The average molecular weight is 327 g/mol. The smallest absolute Gasteiger partial charge is 0.233 e. The van der Waals surface area contributed by atoms with Gasteiger partial charge in [0, 0.05) is 11.4 Å². The number of thioether (sulfide) groups is 1. The molecule has 0 heterocycles. The lowest BCUT2D eigenvalue weighted by atomic mass is 10.0. The van der Waals surface area contributed by atoms with E-state index >= 15 is 0 Å². The lowest BCUT2D eigenvalue weighted by Gasteiger charge is -2.18. The molecule has 2 rings (SSSR count). The van der Waals surface area contributed by atoms with Crippen molar-refractivity contribution >= 4 is 17.7 Å². The van der Waals surface area contributed by atoms with E-state index in [4.69, 9.17) is 0 Å². The molecule has 1 amide bonds. The van der Waals surface area contributed by atoms with Crippen LogP contribution in [0.2, 0.25) is 0 Å². The summed E-state index contributed by atoms with van der Waals surface area (Å²) in [6.45, 7) is 11.1. The third kappa shape index (κ3) is 4.38. The highest BCUT2D eigenvalue weighted by Gasteiger charge is 2.18. The van der Waals surface area contributed by atoms with Gasteiger partial charge >= 0.3 is 0 Å². The van der Waals surface area contributed by atoms with E-state index in [1.807, 2.05) is 37.3 Å². The molecule has 0 spiro atoms. The summed E-state index contributed by atoms with van der Waals surface area (Å²) in [6.07, 6.45) is 0. The van der Waals surface area contributed by atoms with Gasteiger partial charge in [0.2, 0.25) is 5.91 Å². The van der Waals surface area contributed by atoms with Gasteiger partial charge in [0.25, 0.3) is 0 Å². The Bertz CT molecular complexity index is 668. The van der Waals surface area contributed by atoms with Gasteiger partial charge in [-0.25, -0.2) is 0 Å². The molecule has 0 aromatic heterocycles. The van der Waals surface area contributed by atoms with Crippen LogP contribution in [-0.4, -0.2) is 11.2 Å². The largest absolute Gasteiger partial charge is 0.351 e. The van der Waals surface area contributed by atoms with Crippen LogP contribution in [0.4, 0.5) is 0 Å². The molecule has 0 bridgehead atoms. The monoisotopic (exact) mass is 327 g/mol. The second-order valence-electron chi connectivity index (χ2n) is 6.05. The van der Waals surface area contributed by atoms with Gasteiger partial charge in [-0.2, -0.15) is 0 Å². The van der Waals surface area contributed by atoms with Crippen LogP contribution >= 0.6 is 11.8 Å². The summed E-state index contributed by atoms with van der Waals surface area (Å²) in [7, 11) is 0. The Morgan fingerprint density at radius 2 is 1.61 bits per heavy atom. The maximum Gasteiger partial charge on any atom is 0.233 e. The van der Waals surface area contributed by atoms with Crippen molar-refractivity contribution in [2.75, 3.05) is 0 Å². The molecule has 2 aromatic carbocycles. The molecule has 2 aromatic rings. The summed E-state index contributed by atoms with van der Waals surface area (Å²) in [5.74, 6) is 0.0804. The summed E-state index contributed by atoms with van der Waals surface area (Å²) >= 11 is 1.66. The predicted molar refractivity (Wildman–Crippen MR) is 99.0 cm³/mol. The number of rotatable bonds is 5. The van der Waals surface area contributed by atoms with E-state index in [1.54, 1.807) is 11.8 Å². The van der Waals surface area contributed by atoms with Gasteiger partial charge in [-0.3, -0.25) is 4.79 Å². The fourth-order valence-corrected chi connectivity index (χ4v) is 3.74. The molecule has 0 saturated heterocycles. The number of carbonyl (C=O) groups is 1.